The zero-order valence-corrected chi connectivity index (χ0v) is 9.11. The third-order valence-electron chi connectivity index (χ3n) is 3.48. The zero-order chi connectivity index (χ0) is 10.7. The maximum atomic E-state index is 12.1. The smallest absolute Gasteiger partial charge is 0.240 e. The van der Waals surface area contributed by atoms with Gasteiger partial charge >= 0.3 is 0 Å². The molecule has 0 aromatic heterocycles. The molecule has 0 aliphatic carbocycles. The quantitative estimate of drug-likeness (QED) is 0.683. The van der Waals surface area contributed by atoms with Gasteiger partial charge in [-0.15, -0.1) is 0 Å². The first-order valence-corrected chi connectivity index (χ1v) is 5.97. The summed E-state index contributed by atoms with van der Waals surface area (Å²) in [5, 5.41) is 12.4. The predicted octanol–water partition coefficient (Wildman–Crippen LogP) is 0.112. The van der Waals surface area contributed by atoms with E-state index in [1.165, 1.54) is 6.42 Å². The molecule has 2 heterocycles. The van der Waals surface area contributed by atoms with E-state index in [-0.39, 0.29) is 24.6 Å². The number of likely N-dealkylation sites (tertiary alicyclic amines) is 1. The van der Waals surface area contributed by atoms with Crippen LogP contribution in [-0.4, -0.2) is 47.7 Å². The Balaban J connectivity index is 1.93. The molecule has 0 saturated carbocycles. The molecule has 0 aromatic rings. The van der Waals surface area contributed by atoms with Crippen LogP contribution >= 0.6 is 0 Å². The Morgan fingerprint density at radius 1 is 1.33 bits per heavy atom. The largest absolute Gasteiger partial charge is 0.394 e. The second-order valence-electron chi connectivity index (χ2n) is 4.51. The first-order valence-electron chi connectivity index (χ1n) is 5.97. The SMILES string of the molecule is O=C(C1CCCCN1)N1CCC[C@H]1CO. The van der Waals surface area contributed by atoms with Crippen molar-refractivity contribution in [3.05, 3.63) is 0 Å². The van der Waals surface area contributed by atoms with Crippen LogP contribution in [0.5, 0.6) is 0 Å². The number of rotatable bonds is 2. The summed E-state index contributed by atoms with van der Waals surface area (Å²) in [5.74, 6) is 0.200. The molecule has 4 nitrogen and oxygen atoms in total. The standard InChI is InChI=1S/C11H20N2O2/c14-8-9-4-3-7-13(9)11(15)10-5-1-2-6-12-10/h9-10,12,14H,1-8H2/t9-,10?/m0/s1. The van der Waals surface area contributed by atoms with Crippen molar-refractivity contribution < 1.29 is 9.90 Å². The molecule has 2 aliphatic rings. The number of carbonyl (C=O) groups excluding carboxylic acids is 1. The number of hydrogen-bond donors (Lipinski definition) is 2. The monoisotopic (exact) mass is 212 g/mol. The summed E-state index contributed by atoms with van der Waals surface area (Å²) >= 11 is 0. The molecule has 2 N–H and O–H groups in total. The summed E-state index contributed by atoms with van der Waals surface area (Å²) in [5.41, 5.74) is 0. The number of aliphatic hydroxyl groups is 1. The van der Waals surface area contributed by atoms with Gasteiger partial charge in [0.1, 0.15) is 0 Å². The van der Waals surface area contributed by atoms with E-state index in [2.05, 4.69) is 5.32 Å². The molecule has 2 atom stereocenters. The van der Waals surface area contributed by atoms with Crippen molar-refractivity contribution in [1.29, 1.82) is 0 Å². The lowest BCUT2D eigenvalue weighted by Gasteiger charge is -2.30. The molecule has 1 unspecified atom stereocenters. The van der Waals surface area contributed by atoms with Crippen molar-refractivity contribution in [2.24, 2.45) is 0 Å². The second kappa shape index (κ2) is 4.94. The average molecular weight is 212 g/mol. The van der Waals surface area contributed by atoms with E-state index < -0.39 is 0 Å². The van der Waals surface area contributed by atoms with Gasteiger partial charge in [0.25, 0.3) is 0 Å². The van der Waals surface area contributed by atoms with Crippen molar-refractivity contribution in [3.63, 3.8) is 0 Å². The van der Waals surface area contributed by atoms with E-state index in [9.17, 15) is 4.79 Å². The molecule has 4 heteroatoms. The van der Waals surface area contributed by atoms with Gasteiger partial charge in [-0.3, -0.25) is 4.79 Å². The van der Waals surface area contributed by atoms with Gasteiger partial charge in [-0.2, -0.15) is 0 Å². The summed E-state index contributed by atoms with van der Waals surface area (Å²) in [6, 6.07) is 0.0760. The summed E-state index contributed by atoms with van der Waals surface area (Å²) in [7, 11) is 0. The first kappa shape index (κ1) is 10.9. The van der Waals surface area contributed by atoms with Crippen LogP contribution in [-0.2, 0) is 4.79 Å². The van der Waals surface area contributed by atoms with E-state index in [0.717, 1.165) is 38.8 Å². The summed E-state index contributed by atoms with van der Waals surface area (Å²) < 4.78 is 0. The Bertz CT molecular complexity index is 227. The van der Waals surface area contributed by atoms with Gasteiger partial charge in [-0.25, -0.2) is 0 Å². The highest BCUT2D eigenvalue weighted by Crippen LogP contribution is 2.19. The van der Waals surface area contributed by atoms with E-state index >= 15 is 0 Å². The molecule has 0 radical (unpaired) electrons. The Labute approximate surface area is 90.6 Å². The molecule has 2 fully saturated rings. The van der Waals surface area contributed by atoms with E-state index in [0.29, 0.717) is 0 Å². The molecule has 0 spiro atoms. The van der Waals surface area contributed by atoms with Gasteiger partial charge in [-0.05, 0) is 32.2 Å². The van der Waals surface area contributed by atoms with Gasteiger partial charge in [-0.1, -0.05) is 6.42 Å². The van der Waals surface area contributed by atoms with Gasteiger partial charge in [0, 0.05) is 6.54 Å². The van der Waals surface area contributed by atoms with Crippen LogP contribution in [0.3, 0.4) is 0 Å². The number of nitrogens with one attached hydrogen (secondary N) is 1. The van der Waals surface area contributed by atoms with Crippen molar-refractivity contribution in [3.8, 4) is 0 Å². The van der Waals surface area contributed by atoms with Gasteiger partial charge < -0.3 is 15.3 Å². The first-order chi connectivity index (χ1) is 7.33. The highest BCUT2D eigenvalue weighted by Gasteiger charge is 2.32. The minimum atomic E-state index is 0.00546. The Morgan fingerprint density at radius 2 is 2.20 bits per heavy atom. The number of nitrogens with zero attached hydrogens (tertiary/aromatic N) is 1. The Hall–Kier alpha value is -0.610. The molecule has 86 valence electrons. The minimum Gasteiger partial charge on any atom is -0.394 e. The fourth-order valence-electron chi connectivity index (χ4n) is 2.58. The van der Waals surface area contributed by atoms with Crippen LogP contribution in [0.2, 0.25) is 0 Å². The second-order valence-corrected chi connectivity index (χ2v) is 4.51. The van der Waals surface area contributed by atoms with E-state index in [4.69, 9.17) is 5.11 Å². The van der Waals surface area contributed by atoms with Crippen LogP contribution in [0, 0.1) is 0 Å². The Morgan fingerprint density at radius 3 is 2.87 bits per heavy atom. The van der Waals surface area contributed by atoms with Gasteiger partial charge in [0.2, 0.25) is 5.91 Å². The number of piperidine rings is 1. The van der Waals surface area contributed by atoms with Gasteiger partial charge in [0.15, 0.2) is 0 Å². The van der Waals surface area contributed by atoms with Crippen molar-refractivity contribution in [2.45, 2.75) is 44.2 Å². The summed E-state index contributed by atoms with van der Waals surface area (Å²) in [6.45, 7) is 1.88. The fourth-order valence-corrected chi connectivity index (χ4v) is 2.58. The molecule has 2 rings (SSSR count). The lowest BCUT2D eigenvalue weighted by Crippen LogP contribution is -2.50. The molecular weight excluding hydrogens is 192 g/mol. The predicted molar refractivity (Wildman–Crippen MR) is 57.5 cm³/mol. The average Bonchev–Trinajstić information content (AvgIpc) is 2.77. The van der Waals surface area contributed by atoms with Crippen molar-refractivity contribution in [1.82, 2.24) is 10.2 Å². The van der Waals surface area contributed by atoms with E-state index in [1.807, 2.05) is 4.90 Å². The van der Waals surface area contributed by atoms with Gasteiger partial charge in [0.05, 0.1) is 18.7 Å². The third kappa shape index (κ3) is 2.32. The zero-order valence-electron chi connectivity index (χ0n) is 9.11. The lowest BCUT2D eigenvalue weighted by molar-refractivity contribution is -0.135. The van der Waals surface area contributed by atoms with Crippen LogP contribution in [0.4, 0.5) is 0 Å². The van der Waals surface area contributed by atoms with Crippen LogP contribution in [0.1, 0.15) is 32.1 Å². The number of carbonyl (C=O) groups is 1. The molecule has 15 heavy (non-hydrogen) atoms. The normalized spacial score (nSPS) is 31.9. The number of aliphatic hydroxyl groups excluding tert-OH is 1. The molecule has 1 amide bonds. The number of hydrogen-bond acceptors (Lipinski definition) is 3. The highest BCUT2D eigenvalue weighted by molar-refractivity contribution is 5.82. The molecule has 0 bridgehead atoms. The summed E-state index contributed by atoms with van der Waals surface area (Å²) in [6.07, 6.45) is 5.25. The molecular formula is C11H20N2O2. The van der Waals surface area contributed by atoms with Crippen molar-refractivity contribution in [2.75, 3.05) is 19.7 Å². The maximum absolute atomic E-state index is 12.1. The number of amides is 1. The molecule has 2 aliphatic heterocycles. The minimum absolute atomic E-state index is 0.00546. The molecule has 2 saturated heterocycles. The third-order valence-corrected chi connectivity index (χ3v) is 3.48. The van der Waals surface area contributed by atoms with Crippen molar-refractivity contribution >= 4 is 5.91 Å². The van der Waals surface area contributed by atoms with Crippen LogP contribution in [0.25, 0.3) is 0 Å². The summed E-state index contributed by atoms with van der Waals surface area (Å²) in [4.78, 5) is 14.0. The fraction of sp³-hybridized carbons (Fsp3) is 0.909. The maximum Gasteiger partial charge on any atom is 0.240 e. The van der Waals surface area contributed by atoms with Crippen LogP contribution < -0.4 is 5.32 Å². The highest BCUT2D eigenvalue weighted by atomic mass is 16.3. The van der Waals surface area contributed by atoms with E-state index in [1.54, 1.807) is 0 Å². The lowest BCUT2D eigenvalue weighted by atomic mass is 10.0. The Kier molecular flexibility index (Phi) is 3.59. The topological polar surface area (TPSA) is 52.6 Å². The molecule has 0 aromatic carbocycles. The van der Waals surface area contributed by atoms with Crippen LogP contribution in [0.15, 0.2) is 0 Å².